The minimum absolute atomic E-state index is 0.130. The molecule has 0 saturated carbocycles. The minimum atomic E-state index is -0.506. The van der Waals surface area contributed by atoms with Crippen molar-refractivity contribution in [1.82, 2.24) is 35.1 Å². The van der Waals surface area contributed by atoms with Gasteiger partial charge in [0.2, 0.25) is 5.91 Å². The number of imidazole rings is 1. The normalized spacial score (nSPS) is 14.3. The fourth-order valence-electron chi connectivity index (χ4n) is 5.07. The molecule has 11 heteroatoms. The zero-order valence-electron chi connectivity index (χ0n) is 22.2. The fraction of sp³-hybridized carbons (Fsp3) is 0.357. The maximum atomic E-state index is 16.1. The maximum Gasteiger partial charge on any atom is 0.224 e. The third-order valence-electron chi connectivity index (χ3n) is 6.83. The van der Waals surface area contributed by atoms with Gasteiger partial charge in [0, 0.05) is 49.2 Å². The first-order chi connectivity index (χ1) is 18.8. The van der Waals surface area contributed by atoms with Crippen LogP contribution in [0.2, 0.25) is 0 Å². The Kier molecular flexibility index (Phi) is 6.20. The summed E-state index contributed by atoms with van der Waals surface area (Å²) >= 11 is 0. The third-order valence-corrected chi connectivity index (χ3v) is 6.83. The highest BCUT2D eigenvalue weighted by Crippen LogP contribution is 2.34. The van der Waals surface area contributed by atoms with Crippen molar-refractivity contribution in [2.24, 2.45) is 5.41 Å². The summed E-state index contributed by atoms with van der Waals surface area (Å²) in [6.45, 7) is 7.92. The van der Waals surface area contributed by atoms with E-state index in [1.807, 2.05) is 26.8 Å². The quantitative estimate of drug-likeness (QED) is 0.277. The molecular formula is C28H30FN9O. The van der Waals surface area contributed by atoms with E-state index < -0.39 is 5.82 Å². The van der Waals surface area contributed by atoms with Crippen LogP contribution in [-0.4, -0.2) is 54.1 Å². The summed E-state index contributed by atoms with van der Waals surface area (Å²) in [6.07, 6.45) is 10.1. The molecule has 0 spiro atoms. The summed E-state index contributed by atoms with van der Waals surface area (Å²) in [5.74, 6) is -0.226. The first kappa shape index (κ1) is 24.9. The minimum Gasteiger partial charge on any atom is -0.370 e. The van der Waals surface area contributed by atoms with Gasteiger partial charge in [-0.15, -0.1) is 0 Å². The Labute approximate surface area is 224 Å². The van der Waals surface area contributed by atoms with Gasteiger partial charge in [-0.25, -0.2) is 19.3 Å². The Morgan fingerprint density at radius 3 is 2.72 bits per heavy atom. The highest BCUT2D eigenvalue weighted by atomic mass is 19.1. The Morgan fingerprint density at radius 2 is 1.92 bits per heavy atom. The number of fused-ring (bicyclic) bond motifs is 2. The topological polar surface area (TPSA) is 128 Å². The van der Waals surface area contributed by atoms with Crippen molar-refractivity contribution in [1.29, 1.82) is 0 Å². The molecule has 1 aliphatic rings. The predicted octanol–water partition coefficient (Wildman–Crippen LogP) is 5.46. The monoisotopic (exact) mass is 527 g/mol. The Morgan fingerprint density at radius 1 is 1.10 bits per heavy atom. The van der Waals surface area contributed by atoms with Gasteiger partial charge in [0.1, 0.15) is 17.0 Å². The number of aromatic amines is 2. The number of hydrogen-bond donors (Lipinski definition) is 3. The number of amides is 1. The predicted molar refractivity (Wildman–Crippen MR) is 149 cm³/mol. The van der Waals surface area contributed by atoms with Gasteiger partial charge in [-0.2, -0.15) is 5.10 Å². The number of carbonyl (C=O) groups is 1. The lowest BCUT2D eigenvalue weighted by molar-refractivity contribution is -0.117. The molecule has 1 aliphatic heterocycles. The van der Waals surface area contributed by atoms with E-state index in [2.05, 4.69) is 40.3 Å². The van der Waals surface area contributed by atoms with Crippen LogP contribution >= 0.6 is 0 Å². The Bertz CT molecular complexity index is 1680. The number of halogens is 1. The summed E-state index contributed by atoms with van der Waals surface area (Å²) in [7, 11) is 0. The second-order valence-corrected chi connectivity index (χ2v) is 11.2. The number of nitrogens with zero attached hydrogens (tertiary/aromatic N) is 6. The lowest BCUT2D eigenvalue weighted by atomic mass is 9.92. The maximum absolute atomic E-state index is 16.1. The molecule has 3 N–H and O–H groups in total. The van der Waals surface area contributed by atoms with E-state index in [4.69, 9.17) is 4.98 Å². The number of pyridine rings is 3. The number of carbonyl (C=O) groups excluding carboxylic acids is 1. The highest BCUT2D eigenvalue weighted by Gasteiger charge is 2.23. The lowest BCUT2D eigenvalue weighted by Crippen LogP contribution is -2.29. The second-order valence-electron chi connectivity index (χ2n) is 11.2. The Hall–Kier alpha value is -4.41. The molecule has 1 saturated heterocycles. The van der Waals surface area contributed by atoms with Crippen molar-refractivity contribution in [3.63, 3.8) is 0 Å². The molecule has 6 heterocycles. The van der Waals surface area contributed by atoms with Gasteiger partial charge in [-0.05, 0) is 36.8 Å². The van der Waals surface area contributed by atoms with Gasteiger partial charge in [0.15, 0.2) is 17.1 Å². The van der Waals surface area contributed by atoms with Gasteiger partial charge in [-0.1, -0.05) is 20.8 Å². The molecule has 1 amide bonds. The number of H-pyrrole nitrogens is 2. The van der Waals surface area contributed by atoms with Gasteiger partial charge < -0.3 is 15.2 Å². The molecule has 5 aromatic heterocycles. The zero-order chi connectivity index (χ0) is 27.1. The fourth-order valence-corrected chi connectivity index (χ4v) is 5.07. The van der Waals surface area contributed by atoms with Crippen molar-refractivity contribution in [2.75, 3.05) is 23.3 Å². The molecule has 0 aliphatic carbocycles. The molecule has 0 unspecified atom stereocenters. The molecule has 200 valence electrons. The van der Waals surface area contributed by atoms with Crippen LogP contribution in [0.1, 0.15) is 46.5 Å². The number of nitrogens with one attached hydrogen (secondary N) is 3. The van der Waals surface area contributed by atoms with Gasteiger partial charge in [-0.3, -0.25) is 14.9 Å². The van der Waals surface area contributed by atoms with E-state index in [9.17, 15) is 4.79 Å². The van der Waals surface area contributed by atoms with Crippen LogP contribution in [0, 0.1) is 11.2 Å². The number of hydrogen-bond acceptors (Lipinski definition) is 7. The van der Waals surface area contributed by atoms with Crippen molar-refractivity contribution >= 4 is 39.5 Å². The summed E-state index contributed by atoms with van der Waals surface area (Å²) in [4.78, 5) is 35.9. The molecule has 0 radical (unpaired) electrons. The molecule has 39 heavy (non-hydrogen) atoms. The van der Waals surface area contributed by atoms with Crippen molar-refractivity contribution in [3.8, 4) is 22.6 Å². The van der Waals surface area contributed by atoms with E-state index in [-0.39, 0.29) is 22.3 Å². The summed E-state index contributed by atoms with van der Waals surface area (Å²) < 4.78 is 16.1. The zero-order valence-corrected chi connectivity index (χ0v) is 22.2. The van der Waals surface area contributed by atoms with E-state index in [0.717, 1.165) is 37.1 Å². The summed E-state index contributed by atoms with van der Waals surface area (Å²) in [5.41, 5.74) is 4.05. The molecule has 10 nitrogen and oxygen atoms in total. The van der Waals surface area contributed by atoms with Crippen molar-refractivity contribution < 1.29 is 9.18 Å². The largest absolute Gasteiger partial charge is 0.370 e. The number of rotatable bonds is 5. The molecule has 5 aromatic rings. The van der Waals surface area contributed by atoms with Crippen LogP contribution in [0.25, 0.3) is 44.8 Å². The number of aromatic nitrogens is 7. The molecule has 1 fully saturated rings. The van der Waals surface area contributed by atoms with Crippen LogP contribution in [-0.2, 0) is 4.79 Å². The van der Waals surface area contributed by atoms with E-state index >= 15 is 4.39 Å². The summed E-state index contributed by atoms with van der Waals surface area (Å²) in [6, 6.07) is 3.66. The molecule has 0 atom stereocenters. The highest BCUT2D eigenvalue weighted by molar-refractivity contribution is 5.96. The summed E-state index contributed by atoms with van der Waals surface area (Å²) in [5, 5.41) is 10.2. The second kappa shape index (κ2) is 9.72. The van der Waals surface area contributed by atoms with E-state index in [0.29, 0.717) is 40.5 Å². The van der Waals surface area contributed by atoms with Crippen LogP contribution in [0.15, 0.2) is 36.9 Å². The molecule has 6 rings (SSSR count). The van der Waals surface area contributed by atoms with Gasteiger partial charge >= 0.3 is 0 Å². The van der Waals surface area contributed by atoms with E-state index in [1.165, 1.54) is 12.6 Å². The van der Waals surface area contributed by atoms with Crippen LogP contribution in [0.4, 0.5) is 15.8 Å². The van der Waals surface area contributed by atoms with Crippen molar-refractivity contribution in [3.05, 3.63) is 42.7 Å². The number of anilines is 2. The lowest BCUT2D eigenvalue weighted by Gasteiger charge is -2.28. The van der Waals surface area contributed by atoms with Crippen molar-refractivity contribution in [2.45, 2.75) is 46.5 Å². The smallest absolute Gasteiger partial charge is 0.224 e. The van der Waals surface area contributed by atoms with Gasteiger partial charge in [0.25, 0.3) is 0 Å². The molecule has 0 aromatic carbocycles. The standard InChI is InChI=1S/C28H30FN9O/c1-28(2,3)12-20(39)33-17-11-16(13-30-14-17)18-15-32-25-21(22(18)29)24(36-37-25)27-34-23-19(7-8-31-26(23)35-27)38-9-5-4-6-10-38/h7-8,11,13-15H,4-6,9-10,12H2,1-3H3,(H,33,39)(H,31,34,35)(H,32,36,37). The number of piperidine rings is 1. The molecular weight excluding hydrogens is 497 g/mol. The SMILES string of the molecule is CC(C)(C)CC(=O)Nc1cncc(-c2cnc3[nH]nc(-c4nc5c(N6CCCCC6)ccnc5[nH]4)c3c2F)c1. The Balaban J connectivity index is 1.37. The third kappa shape index (κ3) is 4.91. The van der Waals surface area contributed by atoms with Crippen LogP contribution in [0.5, 0.6) is 0 Å². The molecule has 0 bridgehead atoms. The van der Waals surface area contributed by atoms with Crippen LogP contribution in [0.3, 0.4) is 0 Å². The first-order valence-electron chi connectivity index (χ1n) is 13.1. The van der Waals surface area contributed by atoms with Crippen LogP contribution < -0.4 is 10.2 Å². The van der Waals surface area contributed by atoms with Gasteiger partial charge in [0.05, 0.1) is 23.0 Å². The van der Waals surface area contributed by atoms with E-state index in [1.54, 1.807) is 24.7 Å². The average molecular weight is 528 g/mol. The average Bonchev–Trinajstić information content (AvgIpc) is 3.53. The first-order valence-corrected chi connectivity index (χ1v) is 13.1.